The molecule has 0 aliphatic carbocycles. The maximum Gasteiger partial charge on any atom is 0.356 e. The highest BCUT2D eigenvalue weighted by atomic mass is 19.1. The number of carbonyl (C=O) groups is 1. The molecule has 5 heteroatoms. The number of nitrogens with zero attached hydrogens (tertiary/aromatic N) is 2. The monoisotopic (exact) mass is 206 g/mol. The van der Waals surface area contributed by atoms with E-state index in [1.807, 2.05) is 0 Å². The Balaban J connectivity index is 2.37. The lowest BCUT2D eigenvalue weighted by Crippen LogP contribution is -1.95. The molecule has 0 fully saturated rings. The average molecular weight is 206 g/mol. The lowest BCUT2D eigenvalue weighted by Gasteiger charge is -1.99. The molecule has 2 rings (SSSR count). The van der Waals surface area contributed by atoms with E-state index in [1.54, 1.807) is 12.1 Å². The van der Waals surface area contributed by atoms with Crippen molar-refractivity contribution in [2.24, 2.45) is 0 Å². The molecule has 15 heavy (non-hydrogen) atoms. The second-order valence-electron chi connectivity index (χ2n) is 2.95. The molecule has 0 amide bonds. The highest BCUT2D eigenvalue weighted by Crippen LogP contribution is 2.09. The third-order valence-corrected chi connectivity index (χ3v) is 1.93. The van der Waals surface area contributed by atoms with Crippen LogP contribution in [0.2, 0.25) is 0 Å². The average Bonchev–Trinajstić information content (AvgIpc) is 2.68. The van der Waals surface area contributed by atoms with Gasteiger partial charge in [0.15, 0.2) is 5.69 Å². The summed E-state index contributed by atoms with van der Waals surface area (Å²) in [6.07, 6.45) is 2.74. The molecule has 2 aromatic rings. The minimum absolute atomic E-state index is 0.0423. The summed E-state index contributed by atoms with van der Waals surface area (Å²) in [5.41, 5.74) is 0.621. The summed E-state index contributed by atoms with van der Waals surface area (Å²) < 4.78 is 14.1. The molecule has 0 aliphatic rings. The van der Waals surface area contributed by atoms with Crippen LogP contribution in [-0.4, -0.2) is 20.6 Å². The molecule has 76 valence electrons. The van der Waals surface area contributed by atoms with Crippen molar-refractivity contribution in [1.29, 1.82) is 0 Å². The van der Waals surface area contributed by atoms with Gasteiger partial charge in [-0.3, -0.25) is 0 Å². The van der Waals surface area contributed by atoms with Crippen LogP contribution in [0.25, 0.3) is 5.69 Å². The van der Waals surface area contributed by atoms with Gasteiger partial charge in [-0.25, -0.2) is 14.2 Å². The smallest absolute Gasteiger partial charge is 0.356 e. The van der Waals surface area contributed by atoms with Gasteiger partial charge in [-0.15, -0.1) is 0 Å². The van der Waals surface area contributed by atoms with Crippen LogP contribution < -0.4 is 0 Å². The van der Waals surface area contributed by atoms with Gasteiger partial charge >= 0.3 is 5.97 Å². The highest BCUT2D eigenvalue weighted by molar-refractivity contribution is 5.85. The number of hydrogen-bond donors (Lipinski definition) is 1. The maximum absolute atomic E-state index is 12.6. The Morgan fingerprint density at radius 2 is 2.00 bits per heavy atom. The third kappa shape index (κ3) is 1.85. The van der Waals surface area contributed by atoms with E-state index in [0.29, 0.717) is 5.69 Å². The quantitative estimate of drug-likeness (QED) is 0.813. The standard InChI is InChI=1S/C10H7FN2O2/c11-7-1-3-8(4-2-7)13-5-9(10(14)15)12-6-13/h1-6H,(H,14,15). The van der Waals surface area contributed by atoms with E-state index >= 15 is 0 Å². The van der Waals surface area contributed by atoms with E-state index in [-0.39, 0.29) is 11.5 Å². The Labute approximate surface area is 84.6 Å². The first-order valence-corrected chi connectivity index (χ1v) is 4.20. The zero-order valence-electron chi connectivity index (χ0n) is 7.59. The largest absolute Gasteiger partial charge is 0.476 e. The fourth-order valence-corrected chi connectivity index (χ4v) is 1.19. The molecular weight excluding hydrogens is 199 g/mol. The van der Waals surface area contributed by atoms with Crippen LogP contribution >= 0.6 is 0 Å². The second-order valence-corrected chi connectivity index (χ2v) is 2.95. The minimum Gasteiger partial charge on any atom is -0.476 e. The van der Waals surface area contributed by atoms with Crippen molar-refractivity contribution in [1.82, 2.24) is 9.55 Å². The Morgan fingerprint density at radius 1 is 1.33 bits per heavy atom. The van der Waals surface area contributed by atoms with Gasteiger partial charge in [-0.2, -0.15) is 0 Å². The van der Waals surface area contributed by atoms with E-state index < -0.39 is 5.97 Å². The molecular formula is C10H7FN2O2. The molecule has 0 unspecified atom stereocenters. The summed E-state index contributed by atoms with van der Waals surface area (Å²) in [6, 6.07) is 5.69. The minimum atomic E-state index is -1.09. The molecule has 0 spiro atoms. The third-order valence-electron chi connectivity index (χ3n) is 1.93. The summed E-state index contributed by atoms with van der Waals surface area (Å²) in [7, 11) is 0. The SMILES string of the molecule is O=C(O)c1cn(-c2ccc(F)cc2)cn1. The lowest BCUT2D eigenvalue weighted by atomic mass is 10.3. The van der Waals surface area contributed by atoms with Crippen LogP contribution in [-0.2, 0) is 0 Å². The number of carboxylic acid groups (broad SMARTS) is 1. The number of benzene rings is 1. The maximum atomic E-state index is 12.6. The predicted octanol–water partition coefficient (Wildman–Crippen LogP) is 1.71. The van der Waals surface area contributed by atoms with E-state index in [4.69, 9.17) is 5.11 Å². The predicted molar refractivity (Wildman–Crippen MR) is 50.5 cm³/mol. The fourth-order valence-electron chi connectivity index (χ4n) is 1.19. The highest BCUT2D eigenvalue weighted by Gasteiger charge is 2.06. The van der Waals surface area contributed by atoms with Gasteiger partial charge in [0.25, 0.3) is 0 Å². The molecule has 4 nitrogen and oxygen atoms in total. The van der Waals surface area contributed by atoms with Crippen molar-refractivity contribution >= 4 is 5.97 Å². The number of aromatic nitrogens is 2. The van der Waals surface area contributed by atoms with Crippen LogP contribution in [0.4, 0.5) is 4.39 Å². The van der Waals surface area contributed by atoms with Crippen molar-refractivity contribution in [2.75, 3.05) is 0 Å². The summed E-state index contributed by atoms with van der Waals surface area (Å²) in [5, 5.41) is 8.65. The number of halogens is 1. The van der Waals surface area contributed by atoms with Crippen LogP contribution in [0.15, 0.2) is 36.8 Å². The Hall–Kier alpha value is -2.17. The summed E-state index contributed by atoms with van der Waals surface area (Å²) in [4.78, 5) is 14.2. The van der Waals surface area contributed by atoms with Crippen molar-refractivity contribution < 1.29 is 14.3 Å². The number of imidazole rings is 1. The summed E-state index contributed by atoms with van der Waals surface area (Å²) in [6.45, 7) is 0. The van der Waals surface area contributed by atoms with Gasteiger partial charge in [0, 0.05) is 11.9 Å². The van der Waals surface area contributed by atoms with Gasteiger partial charge in [-0.05, 0) is 24.3 Å². The van der Waals surface area contributed by atoms with Gasteiger partial charge in [-0.1, -0.05) is 0 Å². The normalized spacial score (nSPS) is 10.2. The molecule has 1 N–H and O–H groups in total. The zero-order chi connectivity index (χ0) is 10.8. The van der Waals surface area contributed by atoms with Gasteiger partial charge in [0.2, 0.25) is 0 Å². The molecule has 0 radical (unpaired) electrons. The van der Waals surface area contributed by atoms with E-state index in [2.05, 4.69) is 4.98 Å². The molecule has 1 aromatic heterocycles. The molecule has 0 saturated carbocycles. The lowest BCUT2D eigenvalue weighted by molar-refractivity contribution is 0.0691. The topological polar surface area (TPSA) is 55.1 Å². The molecule has 0 aliphatic heterocycles. The Morgan fingerprint density at radius 3 is 2.53 bits per heavy atom. The fraction of sp³-hybridized carbons (Fsp3) is 0. The molecule has 0 saturated heterocycles. The van der Waals surface area contributed by atoms with E-state index in [0.717, 1.165) is 0 Å². The van der Waals surface area contributed by atoms with E-state index in [9.17, 15) is 9.18 Å². The summed E-state index contributed by atoms with van der Waals surface area (Å²) >= 11 is 0. The number of aromatic carboxylic acids is 1. The molecule has 1 aromatic carbocycles. The van der Waals surface area contributed by atoms with E-state index in [1.165, 1.54) is 29.2 Å². The van der Waals surface area contributed by atoms with Gasteiger partial charge in [0.05, 0.1) is 0 Å². The molecule has 0 atom stereocenters. The first-order valence-electron chi connectivity index (χ1n) is 4.20. The van der Waals surface area contributed by atoms with Crippen LogP contribution in [0, 0.1) is 5.82 Å². The second kappa shape index (κ2) is 3.53. The number of rotatable bonds is 2. The Bertz CT molecular complexity index is 490. The van der Waals surface area contributed by atoms with Crippen molar-refractivity contribution in [3.8, 4) is 5.69 Å². The molecule has 1 heterocycles. The van der Waals surface area contributed by atoms with Crippen LogP contribution in [0.3, 0.4) is 0 Å². The zero-order valence-corrected chi connectivity index (χ0v) is 7.59. The number of hydrogen-bond acceptors (Lipinski definition) is 2. The first kappa shape index (κ1) is 9.39. The van der Waals surface area contributed by atoms with Gasteiger partial charge in [0.1, 0.15) is 12.1 Å². The Kier molecular flexibility index (Phi) is 2.21. The van der Waals surface area contributed by atoms with Crippen LogP contribution in [0.5, 0.6) is 0 Å². The van der Waals surface area contributed by atoms with Crippen LogP contribution in [0.1, 0.15) is 10.5 Å². The first-order chi connectivity index (χ1) is 7.16. The van der Waals surface area contributed by atoms with Gasteiger partial charge < -0.3 is 9.67 Å². The van der Waals surface area contributed by atoms with Crippen molar-refractivity contribution in [3.05, 3.63) is 48.3 Å². The number of carboxylic acids is 1. The summed E-state index contributed by atoms with van der Waals surface area (Å²) in [5.74, 6) is -1.42. The van der Waals surface area contributed by atoms with Crippen molar-refractivity contribution in [2.45, 2.75) is 0 Å². The van der Waals surface area contributed by atoms with Crippen molar-refractivity contribution in [3.63, 3.8) is 0 Å². The molecule has 0 bridgehead atoms.